The molecule has 0 aliphatic carbocycles. The van der Waals surface area contributed by atoms with Gasteiger partial charge in [-0.05, 0) is 32.1 Å². The Bertz CT molecular complexity index is 202. The molecule has 0 atom stereocenters. The number of aliphatic hydroxyl groups excluding tert-OH is 1. The van der Waals surface area contributed by atoms with Crippen LogP contribution in [0.4, 0.5) is 0 Å². The maximum absolute atomic E-state index is 8.66. The number of hydrogen-bond donors (Lipinski definition) is 1. The first kappa shape index (κ1) is 20.7. The van der Waals surface area contributed by atoms with E-state index in [9.17, 15) is 0 Å². The number of aliphatic hydroxyl groups is 1. The van der Waals surface area contributed by atoms with E-state index in [1.54, 1.807) is 0 Å². The zero-order chi connectivity index (χ0) is 15.4. The van der Waals surface area contributed by atoms with Gasteiger partial charge in [0.1, 0.15) is 0 Å². The minimum Gasteiger partial charge on any atom is -0.396 e. The quantitative estimate of drug-likeness (QED) is 0.278. The lowest BCUT2D eigenvalue weighted by molar-refractivity contribution is 0.134. The van der Waals surface area contributed by atoms with Crippen molar-refractivity contribution < 1.29 is 9.84 Å². The van der Waals surface area contributed by atoms with Gasteiger partial charge in [0.05, 0.1) is 6.61 Å². The number of allylic oxidation sites excluding steroid dienone is 1. The van der Waals surface area contributed by atoms with Gasteiger partial charge >= 0.3 is 0 Å². The second kappa shape index (κ2) is 19.7. The molecule has 0 fully saturated rings. The molecule has 0 aromatic carbocycles. The molecule has 0 bridgehead atoms. The van der Waals surface area contributed by atoms with Crippen LogP contribution in [0, 0.1) is 0 Å². The maximum atomic E-state index is 8.66. The van der Waals surface area contributed by atoms with Gasteiger partial charge in [0.2, 0.25) is 0 Å². The lowest BCUT2D eigenvalue weighted by Gasteiger charge is -2.03. The van der Waals surface area contributed by atoms with E-state index in [0.29, 0.717) is 6.61 Å². The van der Waals surface area contributed by atoms with Crippen molar-refractivity contribution in [3.05, 3.63) is 12.2 Å². The predicted octanol–water partition coefficient (Wildman–Crippen LogP) is 5.64. The van der Waals surface area contributed by atoms with Crippen LogP contribution in [-0.2, 0) is 4.74 Å². The minimum atomic E-state index is 0.339. The van der Waals surface area contributed by atoms with Gasteiger partial charge in [-0.15, -0.1) is 0 Å². The van der Waals surface area contributed by atoms with E-state index in [-0.39, 0.29) is 0 Å². The summed E-state index contributed by atoms with van der Waals surface area (Å²) in [5.74, 6) is 0. The van der Waals surface area contributed by atoms with Crippen molar-refractivity contribution in [2.75, 3.05) is 19.8 Å². The van der Waals surface area contributed by atoms with E-state index in [2.05, 4.69) is 19.1 Å². The Hall–Kier alpha value is -0.340. The number of hydrogen-bond acceptors (Lipinski definition) is 2. The summed E-state index contributed by atoms with van der Waals surface area (Å²) in [6, 6.07) is 0. The van der Waals surface area contributed by atoms with Crippen molar-refractivity contribution >= 4 is 0 Å². The van der Waals surface area contributed by atoms with Gasteiger partial charge in [0.15, 0.2) is 0 Å². The van der Waals surface area contributed by atoms with Crippen LogP contribution in [0.25, 0.3) is 0 Å². The fraction of sp³-hybridized carbons (Fsp3) is 0.895. The number of rotatable bonds is 17. The third-order valence-electron chi connectivity index (χ3n) is 3.77. The van der Waals surface area contributed by atoms with Crippen LogP contribution in [0.1, 0.15) is 90.4 Å². The molecule has 0 aromatic rings. The van der Waals surface area contributed by atoms with Crippen LogP contribution in [0.15, 0.2) is 12.2 Å². The average molecular weight is 299 g/mol. The van der Waals surface area contributed by atoms with Gasteiger partial charge in [-0.25, -0.2) is 0 Å². The molecule has 0 saturated heterocycles. The number of ether oxygens (including phenoxy) is 1. The summed E-state index contributed by atoms with van der Waals surface area (Å²) in [5, 5.41) is 8.66. The van der Waals surface area contributed by atoms with Crippen LogP contribution < -0.4 is 0 Å². The Morgan fingerprint density at radius 2 is 1.29 bits per heavy atom. The normalized spacial score (nSPS) is 11.5. The highest BCUT2D eigenvalue weighted by Gasteiger charge is 1.91. The first-order chi connectivity index (χ1) is 10.4. The second-order valence-electron chi connectivity index (χ2n) is 5.92. The third kappa shape index (κ3) is 19.7. The molecule has 0 aliphatic rings. The van der Waals surface area contributed by atoms with Gasteiger partial charge in [-0.1, -0.05) is 70.4 Å². The van der Waals surface area contributed by atoms with Crippen molar-refractivity contribution in [3.8, 4) is 0 Å². The Morgan fingerprint density at radius 1 is 0.667 bits per heavy atom. The van der Waals surface area contributed by atoms with Crippen LogP contribution >= 0.6 is 0 Å². The van der Waals surface area contributed by atoms with E-state index in [4.69, 9.17) is 9.84 Å². The standard InChI is InChI=1S/C19H38O2/c1-2-3-4-5-9-12-15-18-21-19-16-13-10-7-6-8-11-14-17-20/h10,13,20H,2-9,11-12,14-19H2,1H3/b13-10-. The SMILES string of the molecule is CCCCCCCCCOCC/C=C\CCCCCCO. The summed E-state index contributed by atoms with van der Waals surface area (Å²) < 4.78 is 5.64. The third-order valence-corrected chi connectivity index (χ3v) is 3.77. The van der Waals surface area contributed by atoms with Crippen LogP contribution in [0.5, 0.6) is 0 Å². The molecule has 0 saturated carbocycles. The zero-order valence-corrected chi connectivity index (χ0v) is 14.3. The second-order valence-corrected chi connectivity index (χ2v) is 5.92. The fourth-order valence-corrected chi connectivity index (χ4v) is 2.38. The Labute approximate surface area is 133 Å². The van der Waals surface area contributed by atoms with Gasteiger partial charge in [-0.3, -0.25) is 0 Å². The van der Waals surface area contributed by atoms with Gasteiger partial charge < -0.3 is 9.84 Å². The summed E-state index contributed by atoms with van der Waals surface area (Å²) in [4.78, 5) is 0. The molecular weight excluding hydrogens is 260 g/mol. The smallest absolute Gasteiger partial charge is 0.0500 e. The Balaban J connectivity index is 3.01. The molecule has 2 nitrogen and oxygen atoms in total. The highest BCUT2D eigenvalue weighted by atomic mass is 16.5. The lowest BCUT2D eigenvalue weighted by atomic mass is 10.1. The van der Waals surface area contributed by atoms with Crippen LogP contribution in [0.3, 0.4) is 0 Å². The Morgan fingerprint density at radius 3 is 2.05 bits per heavy atom. The molecule has 21 heavy (non-hydrogen) atoms. The molecule has 0 unspecified atom stereocenters. The molecule has 0 spiro atoms. The van der Waals surface area contributed by atoms with E-state index >= 15 is 0 Å². The van der Waals surface area contributed by atoms with Crippen LogP contribution in [-0.4, -0.2) is 24.9 Å². The van der Waals surface area contributed by atoms with Crippen molar-refractivity contribution in [1.82, 2.24) is 0 Å². The molecule has 0 amide bonds. The van der Waals surface area contributed by atoms with E-state index in [1.165, 1.54) is 64.2 Å². The largest absolute Gasteiger partial charge is 0.396 e. The van der Waals surface area contributed by atoms with Gasteiger partial charge in [0, 0.05) is 13.2 Å². The zero-order valence-electron chi connectivity index (χ0n) is 14.3. The first-order valence-corrected chi connectivity index (χ1v) is 9.25. The molecule has 0 heterocycles. The Kier molecular flexibility index (Phi) is 19.3. The van der Waals surface area contributed by atoms with E-state index in [1.807, 2.05) is 0 Å². The van der Waals surface area contributed by atoms with E-state index in [0.717, 1.165) is 32.5 Å². The van der Waals surface area contributed by atoms with Crippen LogP contribution in [0.2, 0.25) is 0 Å². The molecule has 0 rings (SSSR count). The summed E-state index contributed by atoms with van der Waals surface area (Å²) in [5.41, 5.74) is 0. The van der Waals surface area contributed by atoms with Gasteiger partial charge in [0.25, 0.3) is 0 Å². The highest BCUT2D eigenvalue weighted by Crippen LogP contribution is 2.07. The fourth-order valence-electron chi connectivity index (χ4n) is 2.38. The van der Waals surface area contributed by atoms with Gasteiger partial charge in [-0.2, -0.15) is 0 Å². The minimum absolute atomic E-state index is 0.339. The summed E-state index contributed by atoms with van der Waals surface area (Å²) >= 11 is 0. The van der Waals surface area contributed by atoms with E-state index < -0.39 is 0 Å². The van der Waals surface area contributed by atoms with Crippen molar-refractivity contribution in [3.63, 3.8) is 0 Å². The monoisotopic (exact) mass is 298 g/mol. The average Bonchev–Trinajstić information content (AvgIpc) is 2.50. The molecule has 0 radical (unpaired) electrons. The maximum Gasteiger partial charge on any atom is 0.0500 e. The van der Waals surface area contributed by atoms with Crippen molar-refractivity contribution in [2.24, 2.45) is 0 Å². The summed E-state index contributed by atoms with van der Waals surface area (Å²) in [6.07, 6.45) is 20.8. The van der Waals surface area contributed by atoms with Crippen molar-refractivity contribution in [1.29, 1.82) is 0 Å². The molecular formula is C19H38O2. The summed E-state index contributed by atoms with van der Waals surface area (Å²) in [7, 11) is 0. The summed E-state index contributed by atoms with van der Waals surface area (Å²) in [6.45, 7) is 4.41. The highest BCUT2D eigenvalue weighted by molar-refractivity contribution is 4.81. The molecule has 126 valence electrons. The predicted molar refractivity (Wildman–Crippen MR) is 92.7 cm³/mol. The topological polar surface area (TPSA) is 29.5 Å². The van der Waals surface area contributed by atoms with Crippen molar-refractivity contribution in [2.45, 2.75) is 90.4 Å². The molecule has 0 aromatic heterocycles. The lowest BCUT2D eigenvalue weighted by Crippen LogP contribution is -1.95. The first-order valence-electron chi connectivity index (χ1n) is 9.25. The number of unbranched alkanes of at least 4 members (excludes halogenated alkanes) is 10. The molecule has 2 heteroatoms. The molecule has 0 aliphatic heterocycles. The molecule has 1 N–H and O–H groups in total.